The van der Waals surface area contributed by atoms with E-state index < -0.39 is 0 Å². The fraction of sp³-hybridized carbons (Fsp3) is 0.125. The monoisotopic (exact) mass is 152 g/mol. The van der Waals surface area contributed by atoms with Gasteiger partial charge in [-0.15, -0.1) is 0 Å². The second kappa shape index (κ2) is 2.62. The number of aromatic hydroxyl groups is 2. The Hall–Kier alpha value is -1.51. The molecule has 0 heterocycles. The van der Waals surface area contributed by atoms with Crippen molar-refractivity contribution in [2.45, 2.75) is 6.92 Å². The summed E-state index contributed by atoms with van der Waals surface area (Å²) in [7, 11) is 0. The first-order valence-electron chi connectivity index (χ1n) is 3.13. The number of aldehydes is 1. The second-order valence-electron chi connectivity index (χ2n) is 2.32. The number of aryl methyl sites for hydroxylation is 1. The fourth-order valence-corrected chi connectivity index (χ4v) is 0.824. The molecule has 0 bridgehead atoms. The van der Waals surface area contributed by atoms with Gasteiger partial charge in [0.05, 0.1) is 0 Å². The van der Waals surface area contributed by atoms with Crippen molar-refractivity contribution in [2.24, 2.45) is 0 Å². The van der Waals surface area contributed by atoms with Crippen LogP contribution in [0.25, 0.3) is 0 Å². The van der Waals surface area contributed by atoms with Gasteiger partial charge in [-0.2, -0.15) is 0 Å². The number of phenols is 2. The Morgan fingerprint density at radius 2 is 1.82 bits per heavy atom. The molecule has 0 atom stereocenters. The van der Waals surface area contributed by atoms with Crippen LogP contribution in [0.2, 0.25) is 0 Å². The molecule has 0 aliphatic rings. The average molecular weight is 152 g/mol. The minimum absolute atomic E-state index is 0.201. The van der Waals surface area contributed by atoms with Crippen LogP contribution in [0, 0.1) is 6.92 Å². The predicted molar refractivity (Wildman–Crippen MR) is 39.9 cm³/mol. The van der Waals surface area contributed by atoms with E-state index in [-0.39, 0.29) is 11.5 Å². The van der Waals surface area contributed by atoms with Crippen molar-refractivity contribution in [1.82, 2.24) is 0 Å². The highest BCUT2D eigenvalue weighted by atomic mass is 16.3. The van der Waals surface area contributed by atoms with E-state index in [0.717, 1.165) is 0 Å². The molecule has 58 valence electrons. The van der Waals surface area contributed by atoms with E-state index in [2.05, 4.69) is 0 Å². The third kappa shape index (κ3) is 1.32. The number of carbonyl (C=O) groups is 1. The molecule has 0 radical (unpaired) electrons. The van der Waals surface area contributed by atoms with Gasteiger partial charge in [-0.3, -0.25) is 4.79 Å². The van der Waals surface area contributed by atoms with Gasteiger partial charge in [0, 0.05) is 5.56 Å². The molecule has 0 aliphatic carbocycles. The Kier molecular flexibility index (Phi) is 1.81. The van der Waals surface area contributed by atoms with E-state index in [0.29, 0.717) is 17.4 Å². The van der Waals surface area contributed by atoms with Crippen LogP contribution in [-0.4, -0.2) is 16.5 Å². The van der Waals surface area contributed by atoms with Crippen LogP contribution >= 0.6 is 0 Å². The standard InChI is InChI=1S/C8H8O3/c1-5-2-7(10)8(11)3-6(5)4-9/h2-4,10-11H,1H3. The maximum Gasteiger partial charge on any atom is 0.158 e. The van der Waals surface area contributed by atoms with Crippen LogP contribution in [0.15, 0.2) is 12.1 Å². The molecule has 2 N–H and O–H groups in total. The molecule has 3 heteroatoms. The summed E-state index contributed by atoms with van der Waals surface area (Å²) >= 11 is 0. The van der Waals surface area contributed by atoms with Gasteiger partial charge in [0.15, 0.2) is 11.5 Å². The molecule has 1 aromatic carbocycles. The maximum absolute atomic E-state index is 10.3. The third-order valence-electron chi connectivity index (χ3n) is 1.49. The molecular weight excluding hydrogens is 144 g/mol. The average Bonchev–Trinajstić information content (AvgIpc) is 1.97. The summed E-state index contributed by atoms with van der Waals surface area (Å²) in [4.78, 5) is 10.3. The van der Waals surface area contributed by atoms with E-state index in [1.165, 1.54) is 12.1 Å². The molecule has 0 aliphatic heterocycles. The summed E-state index contributed by atoms with van der Waals surface area (Å²) in [6, 6.07) is 2.58. The summed E-state index contributed by atoms with van der Waals surface area (Å²) in [5, 5.41) is 17.9. The lowest BCUT2D eigenvalue weighted by atomic mass is 10.1. The van der Waals surface area contributed by atoms with Crippen molar-refractivity contribution in [1.29, 1.82) is 0 Å². The first kappa shape index (κ1) is 7.60. The molecule has 0 spiro atoms. The summed E-state index contributed by atoms with van der Waals surface area (Å²) < 4.78 is 0. The van der Waals surface area contributed by atoms with Crippen molar-refractivity contribution in [3.8, 4) is 11.5 Å². The topological polar surface area (TPSA) is 57.5 Å². The zero-order chi connectivity index (χ0) is 8.43. The van der Waals surface area contributed by atoms with Crippen LogP contribution in [0.5, 0.6) is 11.5 Å². The van der Waals surface area contributed by atoms with Gasteiger partial charge in [-0.1, -0.05) is 0 Å². The number of rotatable bonds is 1. The Morgan fingerprint density at radius 3 is 2.36 bits per heavy atom. The smallest absolute Gasteiger partial charge is 0.158 e. The number of hydrogen-bond acceptors (Lipinski definition) is 3. The Morgan fingerprint density at radius 1 is 1.27 bits per heavy atom. The molecule has 0 saturated heterocycles. The zero-order valence-electron chi connectivity index (χ0n) is 6.03. The lowest BCUT2D eigenvalue weighted by molar-refractivity contribution is 0.112. The SMILES string of the molecule is Cc1cc(O)c(O)cc1C=O. The first-order valence-corrected chi connectivity index (χ1v) is 3.13. The second-order valence-corrected chi connectivity index (χ2v) is 2.32. The van der Waals surface area contributed by atoms with Crippen LogP contribution < -0.4 is 0 Å². The van der Waals surface area contributed by atoms with Gasteiger partial charge in [0.1, 0.15) is 6.29 Å². The first-order chi connectivity index (χ1) is 5.15. The lowest BCUT2D eigenvalue weighted by Crippen LogP contribution is -1.84. The largest absolute Gasteiger partial charge is 0.504 e. The highest BCUT2D eigenvalue weighted by molar-refractivity contribution is 5.78. The molecule has 0 aromatic heterocycles. The quantitative estimate of drug-likeness (QED) is 0.470. The molecule has 0 saturated carbocycles. The van der Waals surface area contributed by atoms with Crippen molar-refractivity contribution >= 4 is 6.29 Å². The minimum atomic E-state index is -0.266. The van der Waals surface area contributed by atoms with E-state index in [1.807, 2.05) is 0 Å². The van der Waals surface area contributed by atoms with Crippen molar-refractivity contribution in [3.63, 3.8) is 0 Å². The van der Waals surface area contributed by atoms with Crippen molar-refractivity contribution in [2.75, 3.05) is 0 Å². The summed E-state index contributed by atoms with van der Waals surface area (Å²) in [6.45, 7) is 1.68. The molecule has 0 amide bonds. The molecule has 0 unspecified atom stereocenters. The van der Waals surface area contributed by atoms with Crippen molar-refractivity contribution < 1.29 is 15.0 Å². The van der Waals surface area contributed by atoms with Crippen LogP contribution in [0.1, 0.15) is 15.9 Å². The van der Waals surface area contributed by atoms with E-state index >= 15 is 0 Å². The van der Waals surface area contributed by atoms with Gasteiger partial charge in [-0.05, 0) is 24.6 Å². The number of carbonyl (C=O) groups excluding carboxylic acids is 1. The Balaban J connectivity index is 3.31. The highest BCUT2D eigenvalue weighted by Crippen LogP contribution is 2.26. The number of phenolic OH excluding ortho intramolecular Hbond substituents is 2. The Bertz CT molecular complexity index is 292. The van der Waals surface area contributed by atoms with Gasteiger partial charge in [-0.25, -0.2) is 0 Å². The zero-order valence-corrected chi connectivity index (χ0v) is 6.03. The van der Waals surface area contributed by atoms with Crippen LogP contribution in [-0.2, 0) is 0 Å². The van der Waals surface area contributed by atoms with E-state index in [4.69, 9.17) is 10.2 Å². The normalized spacial score (nSPS) is 9.55. The summed E-state index contributed by atoms with van der Waals surface area (Å²) in [5.41, 5.74) is 1.04. The number of benzene rings is 1. The molecule has 11 heavy (non-hydrogen) atoms. The van der Waals surface area contributed by atoms with Gasteiger partial charge in [0.25, 0.3) is 0 Å². The maximum atomic E-state index is 10.3. The highest BCUT2D eigenvalue weighted by Gasteiger charge is 2.03. The molecule has 1 aromatic rings. The summed E-state index contributed by atoms with van der Waals surface area (Å²) in [5.74, 6) is -0.467. The van der Waals surface area contributed by atoms with Gasteiger partial charge < -0.3 is 10.2 Å². The molecule has 3 nitrogen and oxygen atoms in total. The molecule has 1 rings (SSSR count). The Labute approximate surface area is 63.9 Å². The minimum Gasteiger partial charge on any atom is -0.504 e. The van der Waals surface area contributed by atoms with Crippen molar-refractivity contribution in [3.05, 3.63) is 23.3 Å². The fourth-order valence-electron chi connectivity index (χ4n) is 0.824. The summed E-state index contributed by atoms with van der Waals surface area (Å²) in [6.07, 6.45) is 0.633. The lowest BCUT2D eigenvalue weighted by Gasteiger charge is -2.00. The van der Waals surface area contributed by atoms with E-state index in [1.54, 1.807) is 6.92 Å². The molecule has 0 fully saturated rings. The van der Waals surface area contributed by atoms with Crippen LogP contribution in [0.4, 0.5) is 0 Å². The molecular formula is C8H8O3. The van der Waals surface area contributed by atoms with Gasteiger partial charge in [0.2, 0.25) is 0 Å². The van der Waals surface area contributed by atoms with E-state index in [9.17, 15) is 4.79 Å². The number of hydrogen-bond donors (Lipinski definition) is 2. The van der Waals surface area contributed by atoms with Gasteiger partial charge >= 0.3 is 0 Å². The third-order valence-corrected chi connectivity index (χ3v) is 1.49. The van der Waals surface area contributed by atoms with Crippen LogP contribution in [0.3, 0.4) is 0 Å². The predicted octanol–water partition coefficient (Wildman–Crippen LogP) is 1.22.